The molecule has 4 aromatic carbocycles. The van der Waals surface area contributed by atoms with Crippen molar-refractivity contribution in [3.05, 3.63) is 118 Å². The number of hydrogen-bond donors (Lipinski definition) is 3. The van der Waals surface area contributed by atoms with E-state index in [1.54, 1.807) is 30.3 Å². The lowest BCUT2D eigenvalue weighted by Gasteiger charge is -2.33. The number of carbonyl (C=O) groups is 2. The van der Waals surface area contributed by atoms with Gasteiger partial charge in [0.2, 0.25) is 0 Å². The monoisotopic (exact) mass is 598 g/mol. The summed E-state index contributed by atoms with van der Waals surface area (Å²) in [5.41, 5.74) is -3.13. The van der Waals surface area contributed by atoms with Crippen molar-refractivity contribution < 1.29 is 37.4 Å². The molecule has 3 N–H and O–H groups in total. The average Bonchev–Trinajstić information content (AvgIpc) is 3.06. The maximum absolute atomic E-state index is 15.2. The highest BCUT2D eigenvalue weighted by Crippen LogP contribution is 2.47. The predicted molar refractivity (Wildman–Crippen MR) is 150 cm³/mol. The molecule has 6 nitrogen and oxygen atoms in total. The summed E-state index contributed by atoms with van der Waals surface area (Å²) in [4.78, 5) is 27.5. The second-order valence-corrected chi connectivity index (χ2v) is 10.2. The number of fused-ring (bicyclic) bond motifs is 1. The average molecular weight is 599 g/mol. The number of anilines is 2. The Labute approximate surface area is 242 Å². The number of aliphatic hydroxyl groups excluding tert-OH is 1. The summed E-state index contributed by atoms with van der Waals surface area (Å²) >= 11 is 5.98. The zero-order valence-electron chi connectivity index (χ0n) is 21.8. The molecule has 0 aromatic heterocycles. The van der Waals surface area contributed by atoms with E-state index in [2.05, 4.69) is 5.32 Å². The molecule has 0 radical (unpaired) electrons. The number of hydrogen-bond acceptors (Lipinski definition) is 4. The molecule has 5 rings (SSSR count). The third-order valence-electron chi connectivity index (χ3n) is 7.20. The van der Waals surface area contributed by atoms with Gasteiger partial charge >= 0.3 is 0 Å². The molecule has 1 aliphatic rings. The smallest absolute Gasteiger partial charge is 0.284 e. The lowest BCUT2D eigenvalue weighted by atomic mass is 9.86. The van der Waals surface area contributed by atoms with E-state index in [0.29, 0.717) is 11.1 Å². The van der Waals surface area contributed by atoms with E-state index in [9.17, 15) is 33.0 Å². The first kappa shape index (κ1) is 29.2. The molecule has 0 spiro atoms. The Morgan fingerprint density at radius 3 is 2.38 bits per heavy atom. The first-order valence-corrected chi connectivity index (χ1v) is 13.1. The minimum atomic E-state index is -3.83. The molecular weight excluding hydrogens is 576 g/mol. The van der Waals surface area contributed by atoms with Gasteiger partial charge in [0, 0.05) is 29.1 Å². The third-order valence-corrected chi connectivity index (χ3v) is 7.43. The van der Waals surface area contributed by atoms with Crippen LogP contribution in [0.1, 0.15) is 32.7 Å². The fourth-order valence-electron chi connectivity index (χ4n) is 4.93. The Morgan fingerprint density at radius 1 is 0.952 bits per heavy atom. The highest BCUT2D eigenvalue weighted by Gasteiger charge is 2.56. The number of nitrogens with zero attached hydrogens (tertiary/aromatic N) is 1. The van der Waals surface area contributed by atoms with Crippen molar-refractivity contribution in [3.63, 3.8) is 0 Å². The number of benzene rings is 4. The second-order valence-electron chi connectivity index (χ2n) is 9.80. The minimum absolute atomic E-state index is 0.00872. The number of alkyl halides is 2. The zero-order chi connectivity index (χ0) is 30.2. The van der Waals surface area contributed by atoms with E-state index in [-0.39, 0.29) is 27.5 Å². The van der Waals surface area contributed by atoms with Gasteiger partial charge in [-0.15, -0.1) is 0 Å². The normalized spacial score (nSPS) is 17.7. The van der Waals surface area contributed by atoms with E-state index >= 15 is 4.39 Å². The molecule has 2 amide bonds. The van der Waals surface area contributed by atoms with Crippen molar-refractivity contribution in [2.45, 2.75) is 17.9 Å². The van der Waals surface area contributed by atoms with Gasteiger partial charge in [-0.3, -0.25) is 9.59 Å². The predicted octanol–water partition coefficient (Wildman–Crippen LogP) is 6.40. The molecule has 0 aliphatic carbocycles. The number of rotatable bonds is 5. The molecule has 0 saturated carbocycles. The van der Waals surface area contributed by atoms with Crippen LogP contribution >= 0.6 is 11.6 Å². The number of amides is 2. The number of halogens is 5. The summed E-state index contributed by atoms with van der Waals surface area (Å²) in [6.45, 7) is -1.90. The van der Waals surface area contributed by atoms with Gasteiger partial charge in [0.05, 0.1) is 23.5 Å². The topological polar surface area (TPSA) is 89.9 Å². The van der Waals surface area contributed by atoms with Gasteiger partial charge in [-0.25, -0.2) is 17.6 Å². The SMILES string of the molecule is O=C(Nc1ccc(C(=O)N2CCC(F)(F)[C@](O)(CO)c3cc(Cl)ccc32)cc1F)c1cc(F)ccc1-c1ccccc1. The van der Waals surface area contributed by atoms with Crippen LogP contribution in [-0.4, -0.2) is 41.1 Å². The van der Waals surface area contributed by atoms with Crippen molar-refractivity contribution in [1.82, 2.24) is 0 Å². The van der Waals surface area contributed by atoms with E-state index in [4.69, 9.17) is 11.6 Å². The second kappa shape index (κ2) is 11.2. The summed E-state index contributed by atoms with van der Waals surface area (Å²) in [5, 5.41) is 22.9. The third kappa shape index (κ3) is 5.24. The Hall–Kier alpha value is -4.25. The summed E-state index contributed by atoms with van der Waals surface area (Å²) in [6.07, 6.45) is -1.00. The Kier molecular flexibility index (Phi) is 7.80. The van der Waals surface area contributed by atoms with E-state index in [0.717, 1.165) is 29.2 Å². The largest absolute Gasteiger partial charge is 0.393 e. The molecule has 216 valence electrons. The zero-order valence-corrected chi connectivity index (χ0v) is 22.5. The highest BCUT2D eigenvalue weighted by molar-refractivity contribution is 6.30. The van der Waals surface area contributed by atoms with Gasteiger partial charge in [-0.05, 0) is 59.7 Å². The number of carbonyl (C=O) groups excluding carboxylic acids is 2. The maximum atomic E-state index is 15.2. The van der Waals surface area contributed by atoms with Crippen molar-refractivity contribution in [1.29, 1.82) is 0 Å². The summed E-state index contributed by atoms with van der Waals surface area (Å²) in [6, 6.07) is 19.2. The molecule has 0 fully saturated rings. The molecule has 0 bridgehead atoms. The van der Waals surface area contributed by atoms with Crippen molar-refractivity contribution in [3.8, 4) is 11.1 Å². The number of aliphatic hydroxyl groups is 2. The van der Waals surface area contributed by atoms with E-state index < -0.39 is 60.1 Å². The van der Waals surface area contributed by atoms with Gasteiger partial charge in [0.25, 0.3) is 17.7 Å². The Morgan fingerprint density at radius 2 is 1.69 bits per heavy atom. The molecule has 1 atom stereocenters. The molecule has 42 heavy (non-hydrogen) atoms. The lowest BCUT2D eigenvalue weighted by Crippen LogP contribution is -2.48. The minimum Gasteiger partial charge on any atom is -0.393 e. The van der Waals surface area contributed by atoms with Crippen LogP contribution in [0.25, 0.3) is 11.1 Å². The molecule has 1 aliphatic heterocycles. The fourth-order valence-corrected chi connectivity index (χ4v) is 5.10. The molecule has 11 heteroatoms. The van der Waals surface area contributed by atoms with E-state index in [1.165, 1.54) is 30.3 Å². The van der Waals surface area contributed by atoms with Crippen LogP contribution in [-0.2, 0) is 5.60 Å². The Bertz CT molecular complexity index is 1690. The summed E-state index contributed by atoms with van der Waals surface area (Å²) < 4.78 is 59.2. The molecule has 0 saturated heterocycles. The number of nitrogens with one attached hydrogen (secondary N) is 1. The standard InChI is InChI=1S/C31H23ClF4N2O4/c32-20-7-11-27-24(15-20)30(42,17-39)31(35,36)12-13-38(27)29(41)19-6-10-26(25(34)14-19)37-28(40)23-16-21(33)8-9-22(23)18-4-2-1-3-5-18/h1-11,14-16,39,42H,12-13,17H2,(H,37,40)/t30-/m0/s1. The summed E-state index contributed by atoms with van der Waals surface area (Å²) in [7, 11) is 0. The van der Waals surface area contributed by atoms with Gasteiger partial charge < -0.3 is 20.4 Å². The first-order valence-electron chi connectivity index (χ1n) is 12.7. The fraction of sp³-hybridized carbons (Fsp3) is 0.161. The first-order chi connectivity index (χ1) is 19.9. The van der Waals surface area contributed by atoms with Gasteiger partial charge in [-0.1, -0.05) is 48.0 Å². The van der Waals surface area contributed by atoms with Gasteiger partial charge in [0.15, 0.2) is 5.60 Å². The Balaban J connectivity index is 1.45. The maximum Gasteiger partial charge on any atom is 0.284 e. The molecular formula is C31H23ClF4N2O4. The molecule has 1 heterocycles. The lowest BCUT2D eigenvalue weighted by molar-refractivity contribution is -0.205. The van der Waals surface area contributed by atoms with Crippen LogP contribution in [0, 0.1) is 11.6 Å². The van der Waals surface area contributed by atoms with Crippen LogP contribution in [0.4, 0.5) is 28.9 Å². The van der Waals surface area contributed by atoms with E-state index in [1.807, 2.05) is 0 Å². The quantitative estimate of drug-likeness (QED) is 0.232. The van der Waals surface area contributed by atoms with Crippen LogP contribution < -0.4 is 10.2 Å². The van der Waals surface area contributed by atoms with Crippen molar-refractivity contribution in [2.24, 2.45) is 0 Å². The van der Waals surface area contributed by atoms with Crippen LogP contribution in [0.15, 0.2) is 84.9 Å². The van der Waals surface area contributed by atoms with Gasteiger partial charge in [-0.2, -0.15) is 0 Å². The highest BCUT2D eigenvalue weighted by atomic mass is 35.5. The van der Waals surface area contributed by atoms with Crippen LogP contribution in [0.5, 0.6) is 0 Å². The van der Waals surface area contributed by atoms with Gasteiger partial charge in [0.1, 0.15) is 11.6 Å². The van der Waals surface area contributed by atoms with Crippen LogP contribution in [0.2, 0.25) is 5.02 Å². The molecule has 4 aromatic rings. The summed E-state index contributed by atoms with van der Waals surface area (Å²) in [5.74, 6) is -7.17. The van der Waals surface area contributed by atoms with Crippen molar-refractivity contribution >= 4 is 34.8 Å². The van der Waals surface area contributed by atoms with Crippen molar-refractivity contribution in [2.75, 3.05) is 23.4 Å². The van der Waals surface area contributed by atoms with Crippen LogP contribution in [0.3, 0.4) is 0 Å². The molecule has 0 unspecified atom stereocenters.